The first-order chi connectivity index (χ1) is 15.3. The molecule has 2 saturated heterocycles. The maximum atomic E-state index is 12.7. The summed E-state index contributed by atoms with van der Waals surface area (Å²) in [6.07, 6.45) is 5.97. The summed E-state index contributed by atoms with van der Waals surface area (Å²) in [6, 6.07) is 0. The Morgan fingerprint density at radius 3 is 2.21 bits per heavy atom. The van der Waals surface area contributed by atoms with E-state index in [-0.39, 0.29) is 36.2 Å². The molecule has 0 aromatic carbocycles. The number of nitrogens with one attached hydrogen (secondary N) is 1. The van der Waals surface area contributed by atoms with E-state index >= 15 is 0 Å². The highest BCUT2D eigenvalue weighted by Crippen LogP contribution is 2.22. The van der Waals surface area contributed by atoms with E-state index in [1.54, 1.807) is 29.7 Å². The van der Waals surface area contributed by atoms with Crippen molar-refractivity contribution < 1.29 is 29.0 Å². The van der Waals surface area contributed by atoms with E-state index in [2.05, 4.69) is 5.32 Å². The van der Waals surface area contributed by atoms with Crippen molar-refractivity contribution in [2.75, 3.05) is 26.2 Å². The number of aliphatic carboxylic acids is 1. The van der Waals surface area contributed by atoms with Gasteiger partial charge in [-0.25, -0.2) is 4.79 Å². The fourth-order valence-electron chi connectivity index (χ4n) is 4.17. The first-order valence-electron chi connectivity index (χ1n) is 11.7. The van der Waals surface area contributed by atoms with E-state index in [4.69, 9.17) is 9.84 Å². The van der Waals surface area contributed by atoms with Gasteiger partial charge in [-0.1, -0.05) is 6.08 Å². The molecule has 9 nitrogen and oxygen atoms in total. The second kappa shape index (κ2) is 11.0. The van der Waals surface area contributed by atoms with E-state index in [1.165, 1.54) is 0 Å². The Balaban J connectivity index is 1.82. The van der Waals surface area contributed by atoms with Crippen LogP contribution >= 0.6 is 0 Å². The minimum atomic E-state index is -0.970. The Bertz CT molecular complexity index is 763. The Labute approximate surface area is 196 Å². The smallest absolute Gasteiger partial charge is 0.410 e. The van der Waals surface area contributed by atoms with Crippen molar-refractivity contribution in [3.63, 3.8) is 0 Å². The van der Waals surface area contributed by atoms with Gasteiger partial charge >= 0.3 is 12.1 Å². The van der Waals surface area contributed by atoms with Crippen LogP contribution in [0.5, 0.6) is 0 Å². The van der Waals surface area contributed by atoms with Crippen molar-refractivity contribution in [1.29, 1.82) is 0 Å². The van der Waals surface area contributed by atoms with Crippen LogP contribution in [0.4, 0.5) is 4.79 Å². The lowest BCUT2D eigenvalue weighted by Gasteiger charge is -2.34. The molecule has 0 saturated carbocycles. The van der Waals surface area contributed by atoms with Gasteiger partial charge < -0.3 is 25.0 Å². The van der Waals surface area contributed by atoms with Crippen molar-refractivity contribution in [3.8, 4) is 0 Å². The van der Waals surface area contributed by atoms with E-state index in [9.17, 15) is 19.2 Å². The summed E-state index contributed by atoms with van der Waals surface area (Å²) in [4.78, 5) is 51.9. The van der Waals surface area contributed by atoms with Crippen molar-refractivity contribution >= 4 is 23.9 Å². The predicted octanol–water partition coefficient (Wildman–Crippen LogP) is 2.80. The van der Waals surface area contributed by atoms with Gasteiger partial charge in [0.2, 0.25) is 11.8 Å². The molecule has 1 atom stereocenters. The van der Waals surface area contributed by atoms with Crippen molar-refractivity contribution in [2.45, 2.75) is 77.9 Å². The molecule has 0 aromatic heterocycles. The summed E-state index contributed by atoms with van der Waals surface area (Å²) in [5, 5.41) is 11.8. The number of carbonyl (C=O) groups excluding carboxylic acids is 3. The van der Waals surface area contributed by atoms with E-state index in [0.717, 1.165) is 19.3 Å². The molecule has 2 fully saturated rings. The molecular weight excluding hydrogens is 426 g/mol. The highest BCUT2D eigenvalue weighted by atomic mass is 16.6. The van der Waals surface area contributed by atoms with Gasteiger partial charge in [-0.2, -0.15) is 0 Å². The first kappa shape index (κ1) is 26.7. The molecule has 2 aliphatic rings. The van der Waals surface area contributed by atoms with Gasteiger partial charge in [0.1, 0.15) is 5.60 Å². The maximum absolute atomic E-state index is 12.7. The highest BCUT2D eigenvalue weighted by Gasteiger charge is 2.32. The van der Waals surface area contributed by atoms with Crippen LogP contribution in [0.15, 0.2) is 12.2 Å². The van der Waals surface area contributed by atoms with Gasteiger partial charge in [-0.15, -0.1) is 0 Å². The summed E-state index contributed by atoms with van der Waals surface area (Å²) in [5.41, 5.74) is -1.36. The molecule has 0 radical (unpaired) electrons. The number of rotatable bonds is 6. The average Bonchev–Trinajstić information content (AvgIpc) is 2.69. The molecule has 9 heteroatoms. The van der Waals surface area contributed by atoms with Crippen molar-refractivity contribution in [2.24, 2.45) is 11.8 Å². The van der Waals surface area contributed by atoms with Crippen LogP contribution in [0.1, 0.15) is 66.7 Å². The summed E-state index contributed by atoms with van der Waals surface area (Å²) < 4.78 is 5.41. The molecule has 3 amide bonds. The predicted molar refractivity (Wildman–Crippen MR) is 123 cm³/mol. The molecular formula is C24H39N3O6. The number of piperidine rings is 2. The van der Waals surface area contributed by atoms with E-state index < -0.39 is 17.1 Å². The summed E-state index contributed by atoms with van der Waals surface area (Å²) >= 11 is 0. The maximum Gasteiger partial charge on any atom is 0.410 e. The zero-order chi connectivity index (χ0) is 24.8. The van der Waals surface area contributed by atoms with Crippen LogP contribution in [-0.2, 0) is 19.1 Å². The summed E-state index contributed by atoms with van der Waals surface area (Å²) in [5.74, 6) is -1.43. The molecule has 186 valence electrons. The lowest BCUT2D eigenvalue weighted by atomic mass is 9.93. The zero-order valence-electron chi connectivity index (χ0n) is 20.6. The number of allylic oxidation sites excluding steroid dienone is 1. The average molecular weight is 466 g/mol. The Morgan fingerprint density at radius 2 is 1.64 bits per heavy atom. The Hall–Kier alpha value is -2.58. The number of likely N-dealkylation sites (tertiary alicyclic amines) is 2. The number of carboxylic acid groups (broad SMARTS) is 1. The van der Waals surface area contributed by atoms with Crippen LogP contribution in [0.25, 0.3) is 0 Å². The minimum absolute atomic E-state index is 0.119. The highest BCUT2D eigenvalue weighted by molar-refractivity contribution is 5.88. The molecule has 2 heterocycles. The van der Waals surface area contributed by atoms with Gasteiger partial charge in [-0.05, 0) is 72.3 Å². The van der Waals surface area contributed by atoms with Gasteiger partial charge in [0.05, 0.1) is 12.3 Å². The number of amides is 3. The van der Waals surface area contributed by atoms with Crippen LogP contribution in [-0.4, -0.2) is 76.1 Å². The molecule has 33 heavy (non-hydrogen) atoms. The molecule has 2 aliphatic heterocycles. The molecule has 2 N–H and O–H groups in total. The Kier molecular flexibility index (Phi) is 8.91. The third-order valence-corrected chi connectivity index (χ3v) is 5.86. The monoisotopic (exact) mass is 465 g/mol. The second-order valence-electron chi connectivity index (χ2n) is 10.7. The standard InChI is InChI=1S/C24H39N3O6/c1-23(2,3)33-22(32)26-13-10-17(11-14-26)8-9-19(28)27-12-6-7-18(16-27)21(31)25-24(4,5)15-20(29)30/h8-9,17-18H,6-7,10-16H2,1-5H3,(H,25,31)(H,29,30)/b9-8+/t18-/m1/s1. The molecule has 0 aliphatic carbocycles. The third kappa shape index (κ3) is 9.06. The minimum Gasteiger partial charge on any atom is -0.481 e. The number of hydrogen-bond acceptors (Lipinski definition) is 5. The topological polar surface area (TPSA) is 116 Å². The number of carboxylic acids is 1. The molecule has 0 bridgehead atoms. The van der Waals surface area contributed by atoms with Crippen LogP contribution < -0.4 is 5.32 Å². The Morgan fingerprint density at radius 1 is 1.00 bits per heavy atom. The normalized spacial score (nSPS) is 20.6. The quantitative estimate of drug-likeness (QED) is 0.583. The number of hydrogen-bond donors (Lipinski definition) is 2. The number of nitrogens with zero attached hydrogens (tertiary/aromatic N) is 2. The molecule has 0 spiro atoms. The lowest BCUT2D eigenvalue weighted by Crippen LogP contribution is -2.51. The first-order valence-corrected chi connectivity index (χ1v) is 11.7. The summed E-state index contributed by atoms with van der Waals surface area (Å²) in [6.45, 7) is 11.0. The van der Waals surface area contributed by atoms with Crippen molar-refractivity contribution in [3.05, 3.63) is 12.2 Å². The second-order valence-corrected chi connectivity index (χ2v) is 10.7. The van der Waals surface area contributed by atoms with Gasteiger partial charge in [0.15, 0.2) is 0 Å². The van der Waals surface area contributed by atoms with E-state index in [1.807, 2.05) is 26.8 Å². The molecule has 0 aromatic rings. The third-order valence-electron chi connectivity index (χ3n) is 5.86. The summed E-state index contributed by atoms with van der Waals surface area (Å²) in [7, 11) is 0. The van der Waals surface area contributed by atoms with Gasteiger partial charge in [0.25, 0.3) is 0 Å². The molecule has 0 unspecified atom stereocenters. The van der Waals surface area contributed by atoms with Crippen LogP contribution in [0.2, 0.25) is 0 Å². The fourth-order valence-corrected chi connectivity index (χ4v) is 4.17. The zero-order valence-corrected chi connectivity index (χ0v) is 20.6. The largest absolute Gasteiger partial charge is 0.481 e. The van der Waals surface area contributed by atoms with Crippen LogP contribution in [0, 0.1) is 11.8 Å². The lowest BCUT2D eigenvalue weighted by molar-refractivity contribution is -0.139. The molecule has 2 rings (SSSR count). The number of ether oxygens (including phenoxy) is 1. The van der Waals surface area contributed by atoms with E-state index in [0.29, 0.717) is 32.6 Å². The SMILES string of the molecule is CC(C)(CC(=O)O)NC(=O)[C@@H]1CCCN(C(=O)/C=C/C2CCN(C(=O)OC(C)(C)C)CC2)C1. The fraction of sp³-hybridized carbons (Fsp3) is 0.750. The number of carbonyl (C=O) groups is 4. The van der Waals surface area contributed by atoms with Gasteiger partial charge in [-0.3, -0.25) is 14.4 Å². The van der Waals surface area contributed by atoms with Crippen molar-refractivity contribution in [1.82, 2.24) is 15.1 Å². The van der Waals surface area contributed by atoms with Crippen LogP contribution in [0.3, 0.4) is 0 Å². The van der Waals surface area contributed by atoms with Gasteiger partial charge in [0, 0.05) is 31.7 Å².